The molecule has 1 aliphatic carbocycles. The SMILES string of the molecule is CC(C(=O)c1ccccc1)N(Nc1ccc(C2CC2N)cc1)C(=O)OCc1ccc(Br)cc1.Cl. The summed E-state index contributed by atoms with van der Waals surface area (Å²) in [6.45, 7) is 1.77. The Morgan fingerprint density at radius 2 is 1.68 bits per heavy atom. The molecule has 3 atom stereocenters. The topological polar surface area (TPSA) is 84.7 Å². The maximum Gasteiger partial charge on any atom is 0.429 e. The minimum atomic E-state index is -0.790. The van der Waals surface area contributed by atoms with Crippen molar-refractivity contribution >= 4 is 45.9 Å². The largest absolute Gasteiger partial charge is 0.443 e. The lowest BCUT2D eigenvalue weighted by Gasteiger charge is -2.29. The van der Waals surface area contributed by atoms with E-state index in [0.717, 1.165) is 16.5 Å². The van der Waals surface area contributed by atoms with Gasteiger partial charge in [-0.3, -0.25) is 10.2 Å². The Hall–Kier alpha value is -2.87. The molecule has 0 saturated heterocycles. The van der Waals surface area contributed by atoms with Crippen molar-refractivity contribution in [1.82, 2.24) is 5.01 Å². The van der Waals surface area contributed by atoms with Crippen LogP contribution in [-0.4, -0.2) is 29.0 Å². The van der Waals surface area contributed by atoms with Crippen molar-refractivity contribution in [3.8, 4) is 0 Å². The van der Waals surface area contributed by atoms with E-state index in [9.17, 15) is 9.59 Å². The summed E-state index contributed by atoms with van der Waals surface area (Å²) in [6.07, 6.45) is 0.354. The van der Waals surface area contributed by atoms with E-state index in [4.69, 9.17) is 10.5 Å². The van der Waals surface area contributed by atoms with E-state index >= 15 is 0 Å². The van der Waals surface area contributed by atoms with Gasteiger partial charge < -0.3 is 10.5 Å². The van der Waals surface area contributed by atoms with Crippen molar-refractivity contribution in [2.24, 2.45) is 5.73 Å². The Balaban J connectivity index is 0.00000324. The van der Waals surface area contributed by atoms with Gasteiger partial charge in [-0.15, -0.1) is 12.4 Å². The van der Waals surface area contributed by atoms with E-state index in [0.29, 0.717) is 17.2 Å². The molecular weight excluding hydrogens is 518 g/mol. The fraction of sp³-hybridized carbons (Fsp3) is 0.231. The van der Waals surface area contributed by atoms with E-state index in [1.807, 2.05) is 54.6 Å². The van der Waals surface area contributed by atoms with E-state index in [-0.39, 0.29) is 30.8 Å². The molecule has 0 aromatic heterocycles. The number of Topliss-reactive ketones (excluding diaryl/α,β-unsaturated/α-hetero) is 1. The normalized spacial score (nSPS) is 17.1. The first kappa shape index (κ1) is 25.7. The van der Waals surface area contributed by atoms with Gasteiger partial charge in [0.1, 0.15) is 12.6 Å². The number of amides is 1. The lowest BCUT2D eigenvalue weighted by molar-refractivity contribution is 0.0738. The molecule has 3 unspecified atom stereocenters. The molecule has 3 aromatic carbocycles. The van der Waals surface area contributed by atoms with Gasteiger partial charge in [0, 0.05) is 22.0 Å². The van der Waals surface area contributed by atoms with Crippen molar-refractivity contribution in [1.29, 1.82) is 0 Å². The van der Waals surface area contributed by atoms with Crippen molar-refractivity contribution in [2.45, 2.75) is 38.0 Å². The monoisotopic (exact) mass is 543 g/mol. The Morgan fingerprint density at radius 1 is 1.06 bits per heavy atom. The minimum absolute atomic E-state index is 0. The maximum atomic E-state index is 13.1. The van der Waals surface area contributed by atoms with Crippen LogP contribution in [0.1, 0.15) is 40.7 Å². The van der Waals surface area contributed by atoms with Crippen molar-refractivity contribution in [2.75, 3.05) is 5.43 Å². The Bertz CT molecular complexity index is 1110. The van der Waals surface area contributed by atoms with Crippen LogP contribution in [0, 0.1) is 0 Å². The molecule has 1 saturated carbocycles. The number of carbonyl (C=O) groups excluding carboxylic acids is 2. The number of ether oxygens (including phenoxy) is 1. The van der Waals surface area contributed by atoms with Crippen LogP contribution in [0.5, 0.6) is 0 Å². The van der Waals surface area contributed by atoms with Crippen LogP contribution in [0.2, 0.25) is 0 Å². The molecular formula is C26H27BrClN3O3. The number of carbonyl (C=O) groups is 2. The number of hydrogen-bond acceptors (Lipinski definition) is 5. The summed E-state index contributed by atoms with van der Waals surface area (Å²) in [7, 11) is 0. The Morgan fingerprint density at radius 3 is 2.26 bits per heavy atom. The summed E-state index contributed by atoms with van der Waals surface area (Å²) < 4.78 is 6.48. The lowest BCUT2D eigenvalue weighted by atomic mass is 10.1. The van der Waals surface area contributed by atoms with Gasteiger partial charge in [0.15, 0.2) is 5.78 Å². The first-order valence-electron chi connectivity index (χ1n) is 10.8. The molecule has 1 fully saturated rings. The second-order valence-corrected chi connectivity index (χ2v) is 9.11. The van der Waals surface area contributed by atoms with E-state index in [1.165, 1.54) is 10.6 Å². The van der Waals surface area contributed by atoms with Gasteiger partial charge in [0.05, 0.1) is 5.69 Å². The van der Waals surface area contributed by atoms with Gasteiger partial charge in [0.2, 0.25) is 0 Å². The number of benzene rings is 3. The number of ketones is 1. The molecule has 178 valence electrons. The third-order valence-corrected chi connectivity index (χ3v) is 6.25. The first-order valence-corrected chi connectivity index (χ1v) is 11.6. The van der Waals surface area contributed by atoms with E-state index in [2.05, 4.69) is 21.4 Å². The highest BCUT2D eigenvalue weighted by molar-refractivity contribution is 9.10. The highest BCUT2D eigenvalue weighted by Crippen LogP contribution is 2.39. The van der Waals surface area contributed by atoms with Gasteiger partial charge >= 0.3 is 6.09 Å². The molecule has 4 rings (SSSR count). The molecule has 0 radical (unpaired) electrons. The van der Waals surface area contributed by atoms with Crippen LogP contribution in [0.25, 0.3) is 0 Å². The zero-order chi connectivity index (χ0) is 23.4. The van der Waals surface area contributed by atoms with Crippen LogP contribution >= 0.6 is 28.3 Å². The highest BCUT2D eigenvalue weighted by atomic mass is 79.9. The zero-order valence-corrected chi connectivity index (χ0v) is 21.1. The number of nitrogens with one attached hydrogen (secondary N) is 1. The number of anilines is 1. The number of halogens is 2. The van der Waals surface area contributed by atoms with Crippen molar-refractivity contribution in [3.63, 3.8) is 0 Å². The average Bonchev–Trinajstić information content (AvgIpc) is 3.58. The number of nitrogens with two attached hydrogens (primary N) is 1. The van der Waals surface area contributed by atoms with Gasteiger partial charge in [-0.25, -0.2) is 9.80 Å². The third kappa shape index (κ3) is 6.38. The molecule has 1 aliphatic rings. The Kier molecular flexibility index (Phi) is 8.72. The van der Waals surface area contributed by atoms with Gasteiger partial charge in [0.25, 0.3) is 0 Å². The summed E-state index contributed by atoms with van der Waals surface area (Å²) in [5.41, 5.74) is 12.2. The number of hydrazine groups is 1. The summed E-state index contributed by atoms with van der Waals surface area (Å²) >= 11 is 3.39. The quantitative estimate of drug-likeness (QED) is 0.271. The summed E-state index contributed by atoms with van der Waals surface area (Å²) in [5, 5.41) is 1.24. The molecule has 6 nitrogen and oxygen atoms in total. The summed E-state index contributed by atoms with van der Waals surface area (Å²) in [4.78, 5) is 26.1. The van der Waals surface area contributed by atoms with Crippen LogP contribution in [0.15, 0.2) is 83.3 Å². The third-order valence-electron chi connectivity index (χ3n) is 5.73. The predicted octanol–water partition coefficient (Wildman–Crippen LogP) is 5.92. The average molecular weight is 545 g/mol. The molecule has 34 heavy (non-hydrogen) atoms. The smallest absolute Gasteiger partial charge is 0.429 e. The molecule has 0 spiro atoms. The van der Waals surface area contributed by atoms with Crippen molar-refractivity contribution in [3.05, 3.63) is 100 Å². The molecule has 0 heterocycles. The van der Waals surface area contributed by atoms with Gasteiger partial charge in [-0.2, -0.15) is 0 Å². The minimum Gasteiger partial charge on any atom is -0.443 e. The molecule has 3 N–H and O–H groups in total. The first-order chi connectivity index (χ1) is 15.9. The fourth-order valence-corrected chi connectivity index (χ4v) is 3.86. The lowest BCUT2D eigenvalue weighted by Crippen LogP contribution is -2.47. The van der Waals surface area contributed by atoms with Gasteiger partial charge in [-0.05, 0) is 48.7 Å². The van der Waals surface area contributed by atoms with Crippen LogP contribution < -0.4 is 11.2 Å². The molecule has 3 aromatic rings. The second-order valence-electron chi connectivity index (χ2n) is 8.20. The zero-order valence-electron chi connectivity index (χ0n) is 18.7. The fourth-order valence-electron chi connectivity index (χ4n) is 3.60. The van der Waals surface area contributed by atoms with Crippen LogP contribution in [0.4, 0.5) is 10.5 Å². The van der Waals surface area contributed by atoms with Crippen LogP contribution in [0.3, 0.4) is 0 Å². The predicted molar refractivity (Wildman–Crippen MR) is 139 cm³/mol. The highest BCUT2D eigenvalue weighted by Gasteiger charge is 2.34. The Labute approximate surface area is 214 Å². The molecule has 1 amide bonds. The van der Waals surface area contributed by atoms with E-state index < -0.39 is 12.1 Å². The maximum absolute atomic E-state index is 13.1. The van der Waals surface area contributed by atoms with Gasteiger partial charge in [-0.1, -0.05) is 70.5 Å². The van der Waals surface area contributed by atoms with E-state index in [1.54, 1.807) is 31.2 Å². The standard InChI is InChI=1S/C26H26BrN3O3.ClH/c1-17(25(31)20-5-3-2-4-6-20)30(26(32)33-16-18-7-11-21(27)12-8-18)29-22-13-9-19(10-14-22)23-15-24(23)28;/h2-14,17,23-24,29H,15-16,28H2,1H3;1H. The number of hydrogen-bond donors (Lipinski definition) is 2. The number of nitrogens with zero attached hydrogens (tertiary/aromatic N) is 1. The number of rotatable bonds is 8. The second kappa shape index (κ2) is 11.5. The summed E-state index contributed by atoms with van der Waals surface area (Å²) in [5.74, 6) is 0.203. The summed E-state index contributed by atoms with van der Waals surface area (Å²) in [6, 6.07) is 23.6. The van der Waals surface area contributed by atoms with Crippen molar-refractivity contribution < 1.29 is 14.3 Å². The molecule has 0 aliphatic heterocycles. The van der Waals surface area contributed by atoms with Crippen LogP contribution in [-0.2, 0) is 11.3 Å². The molecule has 0 bridgehead atoms. The molecule has 8 heteroatoms.